The molecule has 4 heteroatoms. The number of nitrogens with zero attached hydrogens (tertiary/aromatic N) is 1. The van der Waals surface area contributed by atoms with Crippen molar-refractivity contribution in [2.45, 2.75) is 13.8 Å². The summed E-state index contributed by atoms with van der Waals surface area (Å²) in [5, 5.41) is 2.69. The highest BCUT2D eigenvalue weighted by atomic mass is 35.5. The molecule has 0 bridgehead atoms. The van der Waals surface area contributed by atoms with E-state index < -0.39 is 0 Å². The third-order valence-corrected chi connectivity index (χ3v) is 1.55. The Kier molecular flexibility index (Phi) is 5.89. The molecule has 1 N–H and O–H groups in total. The Morgan fingerprint density at radius 2 is 2.17 bits per heavy atom. The van der Waals surface area contributed by atoms with E-state index in [0.717, 1.165) is 6.54 Å². The van der Waals surface area contributed by atoms with E-state index in [1.165, 1.54) is 0 Å². The van der Waals surface area contributed by atoms with E-state index in [9.17, 15) is 4.79 Å². The van der Waals surface area contributed by atoms with E-state index in [0.29, 0.717) is 18.3 Å². The first kappa shape index (κ1) is 11.6. The minimum Gasteiger partial charge on any atom is -0.337 e. The smallest absolute Gasteiger partial charge is 0.317 e. The Balaban J connectivity index is 3.61. The van der Waals surface area contributed by atoms with Crippen LogP contribution in [0.25, 0.3) is 0 Å². The van der Waals surface area contributed by atoms with E-state index in [-0.39, 0.29) is 6.03 Å². The SMILES string of the molecule is CC(C)CN(C)C(=O)NCCCl. The molecular weight excluding hydrogens is 176 g/mol. The topological polar surface area (TPSA) is 32.3 Å². The summed E-state index contributed by atoms with van der Waals surface area (Å²) in [4.78, 5) is 12.9. The zero-order chi connectivity index (χ0) is 9.56. The van der Waals surface area contributed by atoms with Crippen LogP contribution in [0, 0.1) is 5.92 Å². The molecule has 0 aromatic carbocycles. The molecule has 0 atom stereocenters. The molecule has 0 unspecified atom stereocenters. The van der Waals surface area contributed by atoms with Crippen molar-refractivity contribution in [2.75, 3.05) is 26.0 Å². The van der Waals surface area contributed by atoms with Gasteiger partial charge in [0.2, 0.25) is 0 Å². The number of alkyl halides is 1. The summed E-state index contributed by atoms with van der Waals surface area (Å²) in [6.07, 6.45) is 0. The summed E-state index contributed by atoms with van der Waals surface area (Å²) in [6, 6.07) is -0.0515. The van der Waals surface area contributed by atoms with Crippen LogP contribution in [0.4, 0.5) is 4.79 Å². The first-order valence-electron chi connectivity index (χ1n) is 4.12. The van der Waals surface area contributed by atoms with Crippen LogP contribution in [0.15, 0.2) is 0 Å². The maximum absolute atomic E-state index is 11.2. The largest absolute Gasteiger partial charge is 0.337 e. The standard InChI is InChI=1S/C8H17ClN2O/c1-7(2)6-11(3)8(12)10-5-4-9/h7H,4-6H2,1-3H3,(H,10,12). The van der Waals surface area contributed by atoms with Crippen LogP contribution >= 0.6 is 11.6 Å². The van der Waals surface area contributed by atoms with Gasteiger partial charge in [-0.25, -0.2) is 4.79 Å². The lowest BCUT2D eigenvalue weighted by molar-refractivity contribution is 0.204. The normalized spacial score (nSPS) is 10.1. The number of nitrogens with one attached hydrogen (secondary N) is 1. The number of carbonyl (C=O) groups is 1. The first-order chi connectivity index (χ1) is 5.57. The maximum atomic E-state index is 11.2. The number of hydrogen-bond donors (Lipinski definition) is 1. The van der Waals surface area contributed by atoms with Gasteiger partial charge < -0.3 is 10.2 Å². The van der Waals surface area contributed by atoms with Gasteiger partial charge >= 0.3 is 6.03 Å². The fourth-order valence-corrected chi connectivity index (χ4v) is 1.01. The summed E-state index contributed by atoms with van der Waals surface area (Å²) in [5.41, 5.74) is 0. The second-order valence-corrected chi connectivity index (χ2v) is 3.57. The van der Waals surface area contributed by atoms with E-state index in [1.54, 1.807) is 11.9 Å². The highest BCUT2D eigenvalue weighted by molar-refractivity contribution is 6.18. The van der Waals surface area contributed by atoms with Crippen molar-refractivity contribution >= 4 is 17.6 Å². The van der Waals surface area contributed by atoms with Crippen LogP contribution in [0.1, 0.15) is 13.8 Å². The first-order valence-corrected chi connectivity index (χ1v) is 4.66. The number of rotatable bonds is 4. The quantitative estimate of drug-likeness (QED) is 0.674. The monoisotopic (exact) mass is 192 g/mol. The molecule has 0 saturated heterocycles. The van der Waals surface area contributed by atoms with Gasteiger partial charge in [0.05, 0.1) is 0 Å². The van der Waals surface area contributed by atoms with Gasteiger partial charge in [-0.2, -0.15) is 0 Å². The number of urea groups is 1. The Morgan fingerprint density at radius 3 is 2.58 bits per heavy atom. The van der Waals surface area contributed by atoms with E-state index >= 15 is 0 Å². The van der Waals surface area contributed by atoms with Crippen molar-refractivity contribution in [3.63, 3.8) is 0 Å². The van der Waals surface area contributed by atoms with Crippen molar-refractivity contribution in [1.29, 1.82) is 0 Å². The molecule has 0 spiro atoms. The van der Waals surface area contributed by atoms with Gasteiger partial charge in [0.1, 0.15) is 0 Å². The molecule has 0 heterocycles. The Morgan fingerprint density at radius 1 is 1.58 bits per heavy atom. The number of amides is 2. The van der Waals surface area contributed by atoms with Gasteiger partial charge in [0, 0.05) is 26.0 Å². The van der Waals surface area contributed by atoms with Crippen LogP contribution in [-0.4, -0.2) is 36.9 Å². The minimum atomic E-state index is -0.0515. The lowest BCUT2D eigenvalue weighted by Crippen LogP contribution is -2.39. The molecule has 72 valence electrons. The highest BCUT2D eigenvalue weighted by Gasteiger charge is 2.07. The minimum absolute atomic E-state index is 0.0515. The molecule has 0 aliphatic carbocycles. The van der Waals surface area contributed by atoms with Crippen LogP contribution in [0.2, 0.25) is 0 Å². The van der Waals surface area contributed by atoms with Crippen molar-refractivity contribution in [2.24, 2.45) is 5.92 Å². The molecule has 0 aliphatic heterocycles. The highest BCUT2D eigenvalue weighted by Crippen LogP contribution is 1.95. The third kappa shape index (κ3) is 5.24. The Hall–Kier alpha value is -0.440. The maximum Gasteiger partial charge on any atom is 0.317 e. The number of carbonyl (C=O) groups excluding carboxylic acids is 1. The lowest BCUT2D eigenvalue weighted by Gasteiger charge is -2.19. The molecule has 0 rings (SSSR count). The molecule has 2 amide bonds. The predicted octanol–water partition coefficient (Wildman–Crippen LogP) is 1.52. The van der Waals surface area contributed by atoms with E-state index in [2.05, 4.69) is 19.2 Å². The third-order valence-electron chi connectivity index (χ3n) is 1.36. The molecule has 0 fully saturated rings. The zero-order valence-electron chi connectivity index (χ0n) is 7.93. The fraction of sp³-hybridized carbons (Fsp3) is 0.875. The van der Waals surface area contributed by atoms with Gasteiger partial charge in [-0.1, -0.05) is 13.8 Å². The molecule has 0 aromatic rings. The predicted molar refractivity (Wildman–Crippen MR) is 51.6 cm³/mol. The average molecular weight is 193 g/mol. The molecule has 0 saturated carbocycles. The molecule has 0 aliphatic rings. The number of hydrogen-bond acceptors (Lipinski definition) is 1. The fourth-order valence-electron chi connectivity index (χ4n) is 0.920. The molecule has 3 nitrogen and oxygen atoms in total. The van der Waals surface area contributed by atoms with Crippen molar-refractivity contribution in [3.05, 3.63) is 0 Å². The van der Waals surface area contributed by atoms with Gasteiger partial charge in [0.25, 0.3) is 0 Å². The molecule has 0 aromatic heterocycles. The Labute approximate surface area is 79.1 Å². The van der Waals surface area contributed by atoms with Crippen molar-refractivity contribution < 1.29 is 4.79 Å². The molecular formula is C8H17ClN2O. The molecule has 12 heavy (non-hydrogen) atoms. The van der Waals surface area contributed by atoms with Gasteiger partial charge in [0.15, 0.2) is 0 Å². The second kappa shape index (κ2) is 6.12. The van der Waals surface area contributed by atoms with Crippen molar-refractivity contribution in [1.82, 2.24) is 10.2 Å². The second-order valence-electron chi connectivity index (χ2n) is 3.20. The summed E-state index contributed by atoms with van der Waals surface area (Å²) in [7, 11) is 1.78. The number of halogens is 1. The van der Waals surface area contributed by atoms with Crippen LogP contribution in [0.3, 0.4) is 0 Å². The lowest BCUT2D eigenvalue weighted by atomic mass is 10.2. The summed E-state index contributed by atoms with van der Waals surface area (Å²) in [5.74, 6) is 0.957. The van der Waals surface area contributed by atoms with Crippen LogP contribution < -0.4 is 5.32 Å². The van der Waals surface area contributed by atoms with Gasteiger partial charge in [-0.15, -0.1) is 11.6 Å². The Bertz CT molecular complexity index is 139. The van der Waals surface area contributed by atoms with Gasteiger partial charge in [-0.3, -0.25) is 0 Å². The zero-order valence-corrected chi connectivity index (χ0v) is 8.69. The average Bonchev–Trinajstić information content (AvgIpc) is 1.98. The summed E-state index contributed by atoms with van der Waals surface area (Å²) in [6.45, 7) is 5.45. The molecule has 0 radical (unpaired) electrons. The van der Waals surface area contributed by atoms with Crippen LogP contribution in [-0.2, 0) is 0 Å². The van der Waals surface area contributed by atoms with Gasteiger partial charge in [-0.05, 0) is 5.92 Å². The van der Waals surface area contributed by atoms with Crippen molar-refractivity contribution in [3.8, 4) is 0 Å². The van der Waals surface area contributed by atoms with E-state index in [1.807, 2.05) is 0 Å². The summed E-state index contributed by atoms with van der Waals surface area (Å²) >= 11 is 5.42. The summed E-state index contributed by atoms with van der Waals surface area (Å²) < 4.78 is 0. The van der Waals surface area contributed by atoms with E-state index in [4.69, 9.17) is 11.6 Å². The van der Waals surface area contributed by atoms with Crippen LogP contribution in [0.5, 0.6) is 0 Å².